The highest BCUT2D eigenvalue weighted by Gasteiger charge is 2.25. The van der Waals surface area contributed by atoms with Crippen LogP contribution in [0.15, 0.2) is 5.38 Å². The first-order valence-corrected chi connectivity index (χ1v) is 5.54. The summed E-state index contributed by atoms with van der Waals surface area (Å²) in [6.07, 6.45) is -4.16. The van der Waals surface area contributed by atoms with Crippen LogP contribution in [-0.4, -0.2) is 24.2 Å². The zero-order valence-corrected chi connectivity index (χ0v) is 9.21. The Kier molecular flexibility index (Phi) is 4.53. The number of hydrogen-bond donors (Lipinski definition) is 1. The Hall–Kier alpha value is -0.620. The molecule has 0 atom stereocenters. The fourth-order valence-electron chi connectivity index (χ4n) is 1.09. The van der Waals surface area contributed by atoms with Gasteiger partial charge in [-0.3, -0.25) is 0 Å². The van der Waals surface area contributed by atoms with Crippen LogP contribution < -0.4 is 5.32 Å². The van der Waals surface area contributed by atoms with Crippen LogP contribution in [0.5, 0.6) is 0 Å². The highest BCUT2D eigenvalue weighted by atomic mass is 32.1. The van der Waals surface area contributed by atoms with Crippen LogP contribution in [0.1, 0.15) is 17.1 Å². The molecule has 0 aliphatic carbocycles. The van der Waals surface area contributed by atoms with Crippen LogP contribution in [-0.2, 0) is 6.42 Å². The Bertz CT molecular complexity index is 296. The van der Waals surface area contributed by atoms with Crippen LogP contribution in [0.3, 0.4) is 0 Å². The highest BCUT2D eigenvalue weighted by Crippen LogP contribution is 2.18. The Labute approximate surface area is 90.5 Å². The predicted molar refractivity (Wildman–Crippen MR) is 54.1 cm³/mol. The molecule has 0 aliphatic rings. The number of halogens is 3. The number of rotatable bonds is 5. The van der Waals surface area contributed by atoms with Gasteiger partial charge in [0.25, 0.3) is 0 Å². The Balaban J connectivity index is 2.07. The van der Waals surface area contributed by atoms with Crippen molar-refractivity contribution in [3.63, 3.8) is 0 Å². The van der Waals surface area contributed by atoms with Gasteiger partial charge in [-0.15, -0.1) is 11.3 Å². The lowest BCUT2D eigenvalue weighted by molar-refractivity contribution is -0.133. The smallest absolute Gasteiger partial charge is 0.316 e. The van der Waals surface area contributed by atoms with E-state index in [4.69, 9.17) is 0 Å². The minimum atomic E-state index is -4.07. The lowest BCUT2D eigenvalue weighted by atomic mass is 10.3. The van der Waals surface area contributed by atoms with Crippen molar-refractivity contribution < 1.29 is 13.2 Å². The van der Waals surface area contributed by atoms with Crippen LogP contribution in [0.4, 0.5) is 13.2 Å². The van der Waals surface area contributed by atoms with E-state index >= 15 is 0 Å². The molecule has 2 nitrogen and oxygen atoms in total. The van der Waals surface area contributed by atoms with Gasteiger partial charge in [0.1, 0.15) is 0 Å². The van der Waals surface area contributed by atoms with Gasteiger partial charge in [0.05, 0.1) is 17.1 Å². The lowest BCUT2D eigenvalue weighted by Gasteiger charge is -2.06. The Morgan fingerprint density at radius 1 is 1.40 bits per heavy atom. The van der Waals surface area contributed by atoms with Gasteiger partial charge in [0.2, 0.25) is 0 Å². The highest BCUT2D eigenvalue weighted by molar-refractivity contribution is 7.09. The molecule has 86 valence electrons. The van der Waals surface area contributed by atoms with E-state index in [9.17, 15) is 13.2 Å². The summed E-state index contributed by atoms with van der Waals surface area (Å²) in [6, 6.07) is 0. The van der Waals surface area contributed by atoms with E-state index in [1.807, 2.05) is 12.3 Å². The van der Waals surface area contributed by atoms with E-state index in [1.165, 1.54) is 0 Å². The summed E-state index contributed by atoms with van der Waals surface area (Å²) in [7, 11) is 0. The van der Waals surface area contributed by atoms with Gasteiger partial charge in [0, 0.05) is 24.9 Å². The van der Waals surface area contributed by atoms with Crippen molar-refractivity contribution in [2.45, 2.75) is 25.9 Å². The number of nitrogens with one attached hydrogen (secondary N) is 1. The van der Waals surface area contributed by atoms with Crippen molar-refractivity contribution in [1.29, 1.82) is 0 Å². The SMILES string of the molecule is Cc1nc(CCNCCC(F)(F)F)cs1. The fraction of sp³-hybridized carbons (Fsp3) is 0.667. The van der Waals surface area contributed by atoms with Crippen LogP contribution >= 0.6 is 11.3 Å². The normalized spacial score (nSPS) is 12.0. The Morgan fingerprint density at radius 3 is 2.67 bits per heavy atom. The average molecular weight is 238 g/mol. The summed E-state index contributed by atoms with van der Waals surface area (Å²) in [5, 5.41) is 5.66. The van der Waals surface area contributed by atoms with Crippen molar-refractivity contribution in [3.8, 4) is 0 Å². The number of alkyl halides is 3. The lowest BCUT2D eigenvalue weighted by Crippen LogP contribution is -2.23. The molecular weight excluding hydrogens is 225 g/mol. The minimum Gasteiger partial charge on any atom is -0.316 e. The maximum absolute atomic E-state index is 11.8. The van der Waals surface area contributed by atoms with E-state index in [2.05, 4.69) is 10.3 Å². The summed E-state index contributed by atoms with van der Waals surface area (Å²) >= 11 is 1.55. The molecule has 0 bridgehead atoms. The molecule has 1 aromatic heterocycles. The van der Waals surface area contributed by atoms with E-state index < -0.39 is 12.6 Å². The summed E-state index contributed by atoms with van der Waals surface area (Å²) < 4.78 is 35.3. The van der Waals surface area contributed by atoms with Crippen LogP contribution in [0.2, 0.25) is 0 Å². The van der Waals surface area contributed by atoms with Gasteiger partial charge in [-0.05, 0) is 6.92 Å². The van der Waals surface area contributed by atoms with Gasteiger partial charge < -0.3 is 5.32 Å². The van der Waals surface area contributed by atoms with Crippen LogP contribution in [0.25, 0.3) is 0 Å². The van der Waals surface area contributed by atoms with Crippen molar-refractivity contribution in [3.05, 3.63) is 16.1 Å². The summed E-state index contributed by atoms with van der Waals surface area (Å²) in [5.74, 6) is 0. The molecule has 0 unspecified atom stereocenters. The van der Waals surface area contributed by atoms with E-state index in [0.29, 0.717) is 13.0 Å². The quantitative estimate of drug-likeness (QED) is 0.797. The first-order chi connectivity index (χ1) is 6.97. The maximum atomic E-state index is 11.8. The van der Waals surface area contributed by atoms with E-state index in [-0.39, 0.29) is 6.54 Å². The van der Waals surface area contributed by atoms with Crippen molar-refractivity contribution in [2.75, 3.05) is 13.1 Å². The average Bonchev–Trinajstić information content (AvgIpc) is 2.49. The molecule has 1 heterocycles. The van der Waals surface area contributed by atoms with E-state index in [1.54, 1.807) is 11.3 Å². The molecule has 0 saturated heterocycles. The molecule has 0 spiro atoms. The summed E-state index contributed by atoms with van der Waals surface area (Å²) in [6.45, 7) is 2.43. The van der Waals surface area contributed by atoms with Gasteiger partial charge >= 0.3 is 6.18 Å². The molecule has 1 aromatic rings. The second-order valence-electron chi connectivity index (χ2n) is 3.22. The Morgan fingerprint density at radius 2 is 2.13 bits per heavy atom. The van der Waals surface area contributed by atoms with E-state index in [0.717, 1.165) is 10.7 Å². The monoisotopic (exact) mass is 238 g/mol. The third-order valence-electron chi connectivity index (χ3n) is 1.81. The van der Waals surface area contributed by atoms with Crippen LogP contribution in [0, 0.1) is 6.92 Å². The predicted octanol–water partition coefficient (Wildman–Crippen LogP) is 2.54. The zero-order chi connectivity index (χ0) is 11.3. The molecule has 6 heteroatoms. The number of aromatic nitrogens is 1. The van der Waals surface area contributed by atoms with Crippen molar-refractivity contribution in [2.24, 2.45) is 0 Å². The molecule has 1 rings (SSSR count). The third kappa shape index (κ3) is 5.74. The second-order valence-corrected chi connectivity index (χ2v) is 4.29. The largest absolute Gasteiger partial charge is 0.390 e. The number of aryl methyl sites for hydroxylation is 1. The van der Waals surface area contributed by atoms with Gasteiger partial charge in [-0.2, -0.15) is 13.2 Å². The van der Waals surface area contributed by atoms with Crippen molar-refractivity contribution in [1.82, 2.24) is 10.3 Å². The van der Waals surface area contributed by atoms with Crippen molar-refractivity contribution >= 4 is 11.3 Å². The molecule has 0 fully saturated rings. The van der Waals surface area contributed by atoms with Gasteiger partial charge in [0.15, 0.2) is 0 Å². The first kappa shape index (κ1) is 12.4. The maximum Gasteiger partial charge on any atom is 0.390 e. The molecule has 15 heavy (non-hydrogen) atoms. The third-order valence-corrected chi connectivity index (χ3v) is 2.63. The molecule has 0 aliphatic heterocycles. The van der Waals surface area contributed by atoms with Gasteiger partial charge in [-0.1, -0.05) is 0 Å². The topological polar surface area (TPSA) is 24.9 Å². The molecule has 0 saturated carbocycles. The zero-order valence-electron chi connectivity index (χ0n) is 8.40. The molecular formula is C9H13F3N2S. The number of hydrogen-bond acceptors (Lipinski definition) is 3. The second kappa shape index (κ2) is 5.46. The minimum absolute atomic E-state index is 0.0212. The molecule has 0 aromatic carbocycles. The van der Waals surface area contributed by atoms with Gasteiger partial charge in [-0.25, -0.2) is 4.98 Å². The number of nitrogens with zero attached hydrogens (tertiary/aromatic N) is 1. The fourth-order valence-corrected chi connectivity index (χ4v) is 1.74. The summed E-state index contributed by atoms with van der Waals surface area (Å²) in [4.78, 5) is 4.21. The molecule has 0 amide bonds. The first-order valence-electron chi connectivity index (χ1n) is 4.66. The standard InChI is InChI=1S/C9H13F3N2S/c1-7-14-8(6-15-7)2-4-13-5-3-9(10,11)12/h6,13H,2-5H2,1H3. The summed E-state index contributed by atoms with van der Waals surface area (Å²) in [5.41, 5.74) is 0.942. The molecule has 0 radical (unpaired) electrons. The number of thiazole rings is 1. The molecule has 1 N–H and O–H groups in total.